The molecule has 9 heteroatoms. The molecule has 0 saturated carbocycles. The van der Waals surface area contributed by atoms with E-state index in [0.29, 0.717) is 30.9 Å². The quantitative estimate of drug-likeness (QED) is 0.433. The predicted octanol–water partition coefficient (Wildman–Crippen LogP) is 2.87. The summed E-state index contributed by atoms with van der Waals surface area (Å²) in [6, 6.07) is 9.47. The Bertz CT molecular complexity index is 1480. The molecule has 1 atom stereocenters. The highest BCUT2D eigenvalue weighted by atomic mass is 16.5. The number of carbonyl (C=O) groups excluding carboxylic acids is 1. The van der Waals surface area contributed by atoms with Crippen molar-refractivity contribution in [1.82, 2.24) is 19.0 Å². The fraction of sp³-hybridized carbons (Fsp3) is 0.320. The molecule has 2 aliphatic rings. The number of nitrogens with zero attached hydrogens (tertiary/aromatic N) is 4. The zero-order chi connectivity index (χ0) is 23.4. The van der Waals surface area contributed by atoms with Gasteiger partial charge in [0.15, 0.2) is 5.58 Å². The SMILES string of the molecule is Cc1c([C@@H]2CN(Cc3cn(-c4ccc5oc(=O)n(C)c5c4)cn3)CCO2)ccc2c1COC2=O. The molecule has 9 nitrogen and oxygen atoms in total. The lowest BCUT2D eigenvalue weighted by Gasteiger charge is -2.33. The van der Waals surface area contributed by atoms with Gasteiger partial charge in [0.2, 0.25) is 0 Å². The molecular formula is C25H24N4O5. The Labute approximate surface area is 195 Å². The summed E-state index contributed by atoms with van der Waals surface area (Å²) in [6.45, 7) is 5.25. The van der Waals surface area contributed by atoms with Crippen LogP contribution in [0.25, 0.3) is 16.8 Å². The van der Waals surface area contributed by atoms with E-state index in [9.17, 15) is 9.59 Å². The Morgan fingerprint density at radius 2 is 2.06 bits per heavy atom. The van der Waals surface area contributed by atoms with Crippen LogP contribution in [0, 0.1) is 6.92 Å². The van der Waals surface area contributed by atoms with Gasteiger partial charge in [-0.1, -0.05) is 6.07 Å². The molecule has 2 aromatic carbocycles. The molecule has 0 amide bonds. The summed E-state index contributed by atoms with van der Waals surface area (Å²) in [5, 5.41) is 0. The number of aryl methyl sites for hydroxylation is 1. The topological polar surface area (TPSA) is 91.7 Å². The number of hydrogen-bond acceptors (Lipinski definition) is 7. The molecule has 2 aliphatic heterocycles. The van der Waals surface area contributed by atoms with Gasteiger partial charge >= 0.3 is 11.7 Å². The predicted molar refractivity (Wildman–Crippen MR) is 123 cm³/mol. The van der Waals surface area contributed by atoms with E-state index < -0.39 is 0 Å². The second kappa shape index (κ2) is 7.96. The van der Waals surface area contributed by atoms with Gasteiger partial charge in [-0.2, -0.15) is 0 Å². The first kappa shape index (κ1) is 20.9. The van der Waals surface area contributed by atoms with Gasteiger partial charge in [-0.3, -0.25) is 9.47 Å². The summed E-state index contributed by atoms with van der Waals surface area (Å²) < 4.78 is 20.0. The van der Waals surface area contributed by atoms with Gasteiger partial charge in [-0.05, 0) is 42.3 Å². The van der Waals surface area contributed by atoms with Crippen molar-refractivity contribution in [2.75, 3.05) is 19.7 Å². The third-order valence-corrected chi connectivity index (χ3v) is 6.80. The number of imidazole rings is 1. The number of hydrogen-bond donors (Lipinski definition) is 0. The molecule has 0 spiro atoms. The van der Waals surface area contributed by atoms with Crippen LogP contribution in [-0.4, -0.2) is 44.7 Å². The van der Waals surface area contributed by atoms with E-state index >= 15 is 0 Å². The Hall–Kier alpha value is -3.69. The zero-order valence-electron chi connectivity index (χ0n) is 19.0. The average molecular weight is 460 g/mol. The van der Waals surface area contributed by atoms with E-state index in [-0.39, 0.29) is 17.8 Å². The Kier molecular flexibility index (Phi) is 4.89. The van der Waals surface area contributed by atoms with Crippen LogP contribution in [-0.2, 0) is 29.7 Å². The number of cyclic esters (lactones) is 1. The minimum atomic E-state index is -0.377. The van der Waals surface area contributed by atoms with Crippen molar-refractivity contribution < 1.29 is 18.7 Å². The minimum Gasteiger partial charge on any atom is -0.457 e. The molecule has 2 aromatic heterocycles. The number of carbonyl (C=O) groups is 1. The molecular weight excluding hydrogens is 436 g/mol. The molecule has 1 saturated heterocycles. The van der Waals surface area contributed by atoms with Crippen LogP contribution in [0.4, 0.5) is 0 Å². The highest BCUT2D eigenvalue weighted by Crippen LogP contribution is 2.32. The van der Waals surface area contributed by atoms with Crippen molar-refractivity contribution in [2.24, 2.45) is 7.05 Å². The highest BCUT2D eigenvalue weighted by molar-refractivity contribution is 5.94. The van der Waals surface area contributed by atoms with E-state index in [1.54, 1.807) is 19.4 Å². The van der Waals surface area contributed by atoms with Gasteiger partial charge in [-0.15, -0.1) is 0 Å². The second-order valence-electron chi connectivity index (χ2n) is 8.83. The van der Waals surface area contributed by atoms with E-state index in [1.807, 2.05) is 42.0 Å². The number of oxazole rings is 1. The third-order valence-electron chi connectivity index (χ3n) is 6.80. The summed E-state index contributed by atoms with van der Waals surface area (Å²) in [5.74, 6) is -0.626. The van der Waals surface area contributed by atoms with Crippen LogP contribution < -0.4 is 5.76 Å². The molecule has 0 bridgehead atoms. The Morgan fingerprint density at radius 3 is 2.94 bits per heavy atom. The van der Waals surface area contributed by atoms with Gasteiger partial charge in [0, 0.05) is 44.1 Å². The van der Waals surface area contributed by atoms with Crippen LogP contribution in [0.15, 0.2) is 52.1 Å². The molecule has 4 aromatic rings. The van der Waals surface area contributed by atoms with Crippen molar-refractivity contribution in [3.05, 3.63) is 81.4 Å². The van der Waals surface area contributed by atoms with E-state index in [1.165, 1.54) is 4.57 Å². The number of rotatable bonds is 4. The standard InChI is InChI=1S/C25H24N4O5/c1-15-18(4-5-19-20(15)13-33-24(19)30)23-12-28(7-8-32-23)10-16-11-29(14-26-16)17-3-6-22-21(9-17)27(2)25(31)34-22/h3-6,9,11,14,23H,7-8,10,12-13H2,1-2H3/t23-/m0/s1. The van der Waals surface area contributed by atoms with Crippen LogP contribution >= 0.6 is 0 Å². The molecule has 4 heterocycles. The molecule has 0 unspecified atom stereocenters. The maximum Gasteiger partial charge on any atom is 0.419 e. The van der Waals surface area contributed by atoms with E-state index in [2.05, 4.69) is 9.88 Å². The summed E-state index contributed by atoms with van der Waals surface area (Å²) in [5.41, 5.74) is 6.97. The lowest BCUT2D eigenvalue weighted by molar-refractivity contribution is -0.0335. The fourth-order valence-electron chi connectivity index (χ4n) is 4.84. The van der Waals surface area contributed by atoms with Crippen molar-refractivity contribution in [3.8, 4) is 5.69 Å². The maximum absolute atomic E-state index is 11.9. The lowest BCUT2D eigenvalue weighted by atomic mass is 9.94. The van der Waals surface area contributed by atoms with Crippen LogP contribution in [0.3, 0.4) is 0 Å². The monoisotopic (exact) mass is 460 g/mol. The largest absolute Gasteiger partial charge is 0.457 e. The molecule has 0 N–H and O–H groups in total. The third kappa shape index (κ3) is 3.44. The highest BCUT2D eigenvalue weighted by Gasteiger charge is 2.29. The van der Waals surface area contributed by atoms with E-state index in [0.717, 1.165) is 46.7 Å². The van der Waals surface area contributed by atoms with Gasteiger partial charge in [0.05, 0.1) is 35.8 Å². The van der Waals surface area contributed by atoms with Crippen LogP contribution in [0.5, 0.6) is 0 Å². The van der Waals surface area contributed by atoms with Crippen molar-refractivity contribution in [3.63, 3.8) is 0 Å². The summed E-state index contributed by atoms with van der Waals surface area (Å²) in [6.07, 6.45) is 3.73. The maximum atomic E-state index is 11.9. The number of morpholine rings is 1. The van der Waals surface area contributed by atoms with Crippen molar-refractivity contribution >= 4 is 17.1 Å². The van der Waals surface area contributed by atoms with E-state index in [4.69, 9.17) is 13.9 Å². The fourth-order valence-corrected chi connectivity index (χ4v) is 4.84. The smallest absolute Gasteiger partial charge is 0.419 e. The molecule has 0 radical (unpaired) electrons. The summed E-state index contributed by atoms with van der Waals surface area (Å²) in [4.78, 5) is 30.6. The van der Waals surface area contributed by atoms with Gasteiger partial charge < -0.3 is 18.5 Å². The Morgan fingerprint density at radius 1 is 1.18 bits per heavy atom. The van der Waals surface area contributed by atoms with Gasteiger partial charge in [0.25, 0.3) is 0 Å². The van der Waals surface area contributed by atoms with Crippen LogP contribution in [0.2, 0.25) is 0 Å². The molecule has 6 rings (SSSR count). The first-order chi connectivity index (χ1) is 16.5. The number of benzene rings is 2. The number of ether oxygens (including phenoxy) is 2. The van der Waals surface area contributed by atoms with Gasteiger partial charge in [-0.25, -0.2) is 14.6 Å². The zero-order valence-corrected chi connectivity index (χ0v) is 19.0. The Balaban J connectivity index is 1.19. The molecule has 1 fully saturated rings. The number of fused-ring (bicyclic) bond motifs is 2. The minimum absolute atomic E-state index is 0.0679. The van der Waals surface area contributed by atoms with Gasteiger partial charge in [0.1, 0.15) is 6.61 Å². The summed E-state index contributed by atoms with van der Waals surface area (Å²) >= 11 is 0. The molecule has 174 valence electrons. The first-order valence-electron chi connectivity index (χ1n) is 11.2. The summed E-state index contributed by atoms with van der Waals surface area (Å²) in [7, 11) is 1.69. The number of aromatic nitrogens is 3. The first-order valence-corrected chi connectivity index (χ1v) is 11.2. The normalized spacial score (nSPS) is 18.4. The molecule has 0 aliphatic carbocycles. The van der Waals surface area contributed by atoms with Crippen LogP contribution in [0.1, 0.15) is 38.8 Å². The average Bonchev–Trinajstić information content (AvgIpc) is 3.53. The number of esters is 1. The van der Waals surface area contributed by atoms with Crippen molar-refractivity contribution in [2.45, 2.75) is 26.2 Å². The van der Waals surface area contributed by atoms with Crippen molar-refractivity contribution in [1.29, 1.82) is 0 Å². The lowest BCUT2D eigenvalue weighted by Crippen LogP contribution is -2.38. The molecule has 34 heavy (non-hydrogen) atoms. The second-order valence-corrected chi connectivity index (χ2v) is 8.83.